The number of rotatable bonds is 5. The lowest BCUT2D eigenvalue weighted by Crippen LogP contribution is -2.51. The molecule has 0 spiro atoms. The molecule has 26 heavy (non-hydrogen) atoms. The summed E-state index contributed by atoms with van der Waals surface area (Å²) >= 11 is 0. The zero-order valence-electron chi connectivity index (χ0n) is 15.4. The van der Waals surface area contributed by atoms with E-state index in [1.54, 1.807) is 0 Å². The zero-order chi connectivity index (χ0) is 16.8. The van der Waals surface area contributed by atoms with Gasteiger partial charge < -0.3 is 15.4 Å². The van der Waals surface area contributed by atoms with E-state index < -0.39 is 0 Å². The van der Waals surface area contributed by atoms with Gasteiger partial charge in [0.2, 0.25) is 5.91 Å². The molecular weight excluding hydrogens is 373 g/mol. The molecule has 0 aliphatic carbocycles. The second kappa shape index (κ2) is 11.1. The third kappa shape index (κ3) is 6.71. The number of carbonyl (C=O) groups excluding carboxylic acids is 1. The van der Waals surface area contributed by atoms with E-state index in [1.807, 2.05) is 6.07 Å². The van der Waals surface area contributed by atoms with E-state index in [0.29, 0.717) is 13.2 Å². The number of ether oxygens (including phenoxy) is 1. The van der Waals surface area contributed by atoms with Crippen LogP contribution in [0.25, 0.3) is 0 Å². The van der Waals surface area contributed by atoms with Crippen LogP contribution < -0.4 is 10.6 Å². The average Bonchev–Trinajstić information content (AvgIpc) is 2.61. The molecule has 1 aromatic carbocycles. The molecule has 1 unspecified atom stereocenters. The Morgan fingerprint density at radius 1 is 1.27 bits per heavy atom. The van der Waals surface area contributed by atoms with Crippen LogP contribution in [0.4, 0.5) is 0 Å². The number of nitrogens with zero attached hydrogens (tertiary/aromatic N) is 1. The first-order valence-corrected chi connectivity index (χ1v) is 9.01. The number of carbonyl (C=O) groups is 1. The Kier molecular flexibility index (Phi) is 9.90. The van der Waals surface area contributed by atoms with Crippen LogP contribution in [0, 0.1) is 5.41 Å². The molecule has 1 atom stereocenters. The number of hydrogen-bond acceptors (Lipinski definition) is 4. The highest BCUT2D eigenvalue weighted by Gasteiger charge is 2.30. The number of halogens is 2. The molecule has 1 aromatic rings. The van der Waals surface area contributed by atoms with Gasteiger partial charge in [-0.25, -0.2) is 0 Å². The fourth-order valence-corrected chi connectivity index (χ4v) is 3.47. The van der Waals surface area contributed by atoms with Crippen molar-refractivity contribution >= 4 is 30.7 Å². The van der Waals surface area contributed by atoms with Crippen molar-refractivity contribution in [1.82, 2.24) is 15.5 Å². The van der Waals surface area contributed by atoms with Crippen molar-refractivity contribution < 1.29 is 9.53 Å². The van der Waals surface area contributed by atoms with Crippen molar-refractivity contribution in [2.45, 2.75) is 32.4 Å². The first-order valence-electron chi connectivity index (χ1n) is 9.01. The predicted octanol–water partition coefficient (Wildman–Crippen LogP) is 2.24. The first kappa shape index (κ1) is 23.2. The summed E-state index contributed by atoms with van der Waals surface area (Å²) in [5, 5.41) is 6.50. The maximum Gasteiger partial charge on any atom is 0.250 e. The van der Waals surface area contributed by atoms with Crippen molar-refractivity contribution in [3.63, 3.8) is 0 Å². The number of piperidine rings is 1. The van der Waals surface area contributed by atoms with Gasteiger partial charge in [-0.15, -0.1) is 24.8 Å². The lowest BCUT2D eigenvalue weighted by atomic mass is 9.81. The summed E-state index contributed by atoms with van der Waals surface area (Å²) in [4.78, 5) is 14.8. The van der Waals surface area contributed by atoms with Crippen molar-refractivity contribution in [2.24, 2.45) is 5.41 Å². The van der Waals surface area contributed by atoms with E-state index in [0.717, 1.165) is 45.6 Å². The molecular formula is C19H31Cl2N3O2. The SMILES string of the molecule is CC1(CNC(=O)C2CN(Cc3ccccc3)CCO2)CCNCC1.Cl.Cl. The molecule has 1 amide bonds. The topological polar surface area (TPSA) is 53.6 Å². The van der Waals surface area contributed by atoms with Gasteiger partial charge in [-0.05, 0) is 36.9 Å². The molecule has 7 heteroatoms. The molecule has 2 aliphatic rings. The number of nitrogens with one attached hydrogen (secondary N) is 2. The third-order valence-corrected chi connectivity index (χ3v) is 5.19. The molecule has 148 valence electrons. The lowest BCUT2D eigenvalue weighted by Gasteiger charge is -2.36. The lowest BCUT2D eigenvalue weighted by molar-refractivity contribution is -0.139. The minimum absolute atomic E-state index is 0. The Morgan fingerprint density at radius 3 is 2.65 bits per heavy atom. The fourth-order valence-electron chi connectivity index (χ4n) is 3.47. The van der Waals surface area contributed by atoms with E-state index in [4.69, 9.17) is 4.74 Å². The summed E-state index contributed by atoms with van der Waals surface area (Å²) in [6.07, 6.45) is 1.87. The molecule has 0 saturated carbocycles. The summed E-state index contributed by atoms with van der Waals surface area (Å²) in [6.45, 7) is 8.11. The quantitative estimate of drug-likeness (QED) is 0.791. The molecule has 0 radical (unpaired) electrons. The van der Waals surface area contributed by atoms with Gasteiger partial charge in [0, 0.05) is 26.2 Å². The maximum atomic E-state index is 12.5. The highest BCUT2D eigenvalue weighted by molar-refractivity contribution is 5.85. The highest BCUT2D eigenvalue weighted by Crippen LogP contribution is 2.26. The van der Waals surface area contributed by atoms with Crippen LogP contribution in [0.1, 0.15) is 25.3 Å². The van der Waals surface area contributed by atoms with Crippen molar-refractivity contribution in [1.29, 1.82) is 0 Å². The summed E-state index contributed by atoms with van der Waals surface area (Å²) in [5.74, 6) is 0.0347. The molecule has 0 bridgehead atoms. The molecule has 5 nitrogen and oxygen atoms in total. The van der Waals surface area contributed by atoms with Crippen LogP contribution in [-0.4, -0.2) is 56.2 Å². The third-order valence-electron chi connectivity index (χ3n) is 5.19. The van der Waals surface area contributed by atoms with Gasteiger partial charge in [0.15, 0.2) is 0 Å². The van der Waals surface area contributed by atoms with Crippen molar-refractivity contribution in [2.75, 3.05) is 39.3 Å². The van der Waals surface area contributed by atoms with E-state index in [9.17, 15) is 4.79 Å². The van der Waals surface area contributed by atoms with Crippen LogP contribution in [0.3, 0.4) is 0 Å². The summed E-state index contributed by atoms with van der Waals surface area (Å²) < 4.78 is 5.71. The minimum Gasteiger partial charge on any atom is -0.366 e. The second-order valence-electron chi connectivity index (χ2n) is 7.36. The van der Waals surface area contributed by atoms with E-state index in [2.05, 4.69) is 46.7 Å². The molecule has 3 rings (SSSR count). The second-order valence-corrected chi connectivity index (χ2v) is 7.36. The van der Waals surface area contributed by atoms with Gasteiger partial charge in [0.05, 0.1) is 6.61 Å². The van der Waals surface area contributed by atoms with Crippen LogP contribution in [-0.2, 0) is 16.1 Å². The summed E-state index contributed by atoms with van der Waals surface area (Å²) in [7, 11) is 0. The number of amides is 1. The summed E-state index contributed by atoms with van der Waals surface area (Å²) in [5.41, 5.74) is 1.49. The molecule has 2 aliphatic heterocycles. The van der Waals surface area contributed by atoms with Gasteiger partial charge in [0.1, 0.15) is 6.10 Å². The Morgan fingerprint density at radius 2 is 1.96 bits per heavy atom. The van der Waals surface area contributed by atoms with Crippen molar-refractivity contribution in [3.05, 3.63) is 35.9 Å². The molecule has 2 saturated heterocycles. The zero-order valence-corrected chi connectivity index (χ0v) is 17.0. The standard InChI is InChI=1S/C19H29N3O2.2ClH/c1-19(7-9-20-10-8-19)15-21-18(23)17-14-22(11-12-24-17)13-16-5-3-2-4-6-16;;/h2-6,17,20H,7-15H2,1H3,(H,21,23);2*1H. The molecule has 0 aromatic heterocycles. The van der Waals surface area contributed by atoms with Gasteiger partial charge >= 0.3 is 0 Å². The number of hydrogen-bond donors (Lipinski definition) is 2. The smallest absolute Gasteiger partial charge is 0.250 e. The highest BCUT2D eigenvalue weighted by atomic mass is 35.5. The fraction of sp³-hybridized carbons (Fsp3) is 0.632. The molecule has 2 heterocycles. The first-order chi connectivity index (χ1) is 11.6. The summed E-state index contributed by atoms with van der Waals surface area (Å²) in [6, 6.07) is 10.4. The molecule has 2 N–H and O–H groups in total. The normalized spacial score (nSPS) is 22.6. The Bertz CT molecular complexity index is 539. The Hall–Kier alpha value is -0.850. The van der Waals surface area contributed by atoms with Crippen molar-refractivity contribution in [3.8, 4) is 0 Å². The number of morpholine rings is 1. The minimum atomic E-state index is -0.354. The van der Waals surface area contributed by atoms with Gasteiger partial charge in [-0.3, -0.25) is 9.69 Å². The predicted molar refractivity (Wildman–Crippen MR) is 109 cm³/mol. The van der Waals surface area contributed by atoms with Crippen LogP contribution in [0.5, 0.6) is 0 Å². The average molecular weight is 404 g/mol. The van der Waals surface area contributed by atoms with Crippen LogP contribution in [0.15, 0.2) is 30.3 Å². The largest absolute Gasteiger partial charge is 0.366 e. The number of benzene rings is 1. The van der Waals surface area contributed by atoms with Gasteiger partial charge in [0.25, 0.3) is 0 Å². The van der Waals surface area contributed by atoms with E-state index >= 15 is 0 Å². The Balaban J connectivity index is 0.00000169. The van der Waals surface area contributed by atoms with Crippen LogP contribution in [0.2, 0.25) is 0 Å². The van der Waals surface area contributed by atoms with Gasteiger partial charge in [-0.2, -0.15) is 0 Å². The van der Waals surface area contributed by atoms with E-state index in [-0.39, 0.29) is 42.2 Å². The monoisotopic (exact) mass is 403 g/mol. The van der Waals surface area contributed by atoms with Gasteiger partial charge in [-0.1, -0.05) is 37.3 Å². The molecule has 2 fully saturated rings. The Labute approximate surface area is 169 Å². The maximum absolute atomic E-state index is 12.5. The van der Waals surface area contributed by atoms with Crippen LogP contribution >= 0.6 is 24.8 Å². The van der Waals surface area contributed by atoms with E-state index in [1.165, 1.54) is 5.56 Å².